The van der Waals surface area contributed by atoms with Crippen molar-refractivity contribution in [2.75, 3.05) is 26.7 Å². The van der Waals surface area contributed by atoms with E-state index in [9.17, 15) is 0 Å². The van der Waals surface area contributed by atoms with Gasteiger partial charge in [-0.25, -0.2) is 0 Å². The molecule has 0 aromatic heterocycles. The van der Waals surface area contributed by atoms with Crippen LogP contribution in [0.1, 0.15) is 34.1 Å². The molecule has 15 heavy (non-hydrogen) atoms. The maximum absolute atomic E-state index is 3.47. The van der Waals surface area contributed by atoms with Crippen molar-refractivity contribution in [2.24, 2.45) is 17.8 Å². The number of rotatable bonds is 5. The summed E-state index contributed by atoms with van der Waals surface area (Å²) in [5.41, 5.74) is 0. The fourth-order valence-electron chi connectivity index (χ4n) is 2.52. The first-order valence-corrected chi connectivity index (χ1v) is 6.48. The third-order valence-electron chi connectivity index (χ3n) is 4.22. The second kappa shape index (κ2) is 5.86. The molecule has 0 radical (unpaired) electrons. The van der Waals surface area contributed by atoms with E-state index in [-0.39, 0.29) is 0 Å². The molecule has 1 aliphatic heterocycles. The molecule has 0 spiro atoms. The normalized spacial score (nSPS) is 31.8. The minimum absolute atomic E-state index is 0.660. The smallest absolute Gasteiger partial charge is 0.0217 e. The van der Waals surface area contributed by atoms with Crippen LogP contribution in [0.5, 0.6) is 0 Å². The largest absolute Gasteiger partial charge is 0.315 e. The number of hydrogen-bond acceptors (Lipinski definition) is 2. The van der Waals surface area contributed by atoms with E-state index < -0.39 is 0 Å². The van der Waals surface area contributed by atoms with E-state index in [1.807, 2.05) is 0 Å². The molecule has 1 rings (SSSR count). The van der Waals surface area contributed by atoms with E-state index in [2.05, 4.69) is 45.0 Å². The lowest BCUT2D eigenvalue weighted by molar-refractivity contribution is 0.245. The molecule has 0 aromatic rings. The summed E-state index contributed by atoms with van der Waals surface area (Å²) >= 11 is 0. The molecule has 1 saturated heterocycles. The highest BCUT2D eigenvalue weighted by molar-refractivity contribution is 4.83. The zero-order valence-electron chi connectivity index (χ0n) is 11.1. The van der Waals surface area contributed by atoms with Gasteiger partial charge in [-0.05, 0) is 24.8 Å². The SMILES string of the molecule is CCC(C)C(CN1CC(C)C(C)C1)NC. The van der Waals surface area contributed by atoms with Crippen molar-refractivity contribution in [1.29, 1.82) is 0 Å². The number of nitrogens with zero attached hydrogens (tertiary/aromatic N) is 1. The molecule has 1 N–H and O–H groups in total. The Labute approximate surface area is 95.4 Å². The Bertz CT molecular complexity index is 171. The summed E-state index contributed by atoms with van der Waals surface area (Å²) < 4.78 is 0. The summed E-state index contributed by atoms with van der Waals surface area (Å²) in [4.78, 5) is 2.63. The Morgan fingerprint density at radius 1 is 1.27 bits per heavy atom. The third-order valence-corrected chi connectivity index (χ3v) is 4.22. The van der Waals surface area contributed by atoms with Crippen LogP contribution in [-0.2, 0) is 0 Å². The molecule has 0 saturated carbocycles. The quantitative estimate of drug-likeness (QED) is 0.751. The van der Waals surface area contributed by atoms with Crippen LogP contribution in [0.2, 0.25) is 0 Å². The van der Waals surface area contributed by atoms with E-state index >= 15 is 0 Å². The zero-order chi connectivity index (χ0) is 11.4. The molecule has 4 atom stereocenters. The highest BCUT2D eigenvalue weighted by Crippen LogP contribution is 2.23. The summed E-state index contributed by atoms with van der Waals surface area (Å²) in [6, 6.07) is 0.660. The maximum atomic E-state index is 3.47. The Balaban J connectivity index is 2.39. The van der Waals surface area contributed by atoms with E-state index in [4.69, 9.17) is 0 Å². The summed E-state index contributed by atoms with van der Waals surface area (Å²) in [5.74, 6) is 2.53. The first-order valence-electron chi connectivity index (χ1n) is 6.48. The third kappa shape index (κ3) is 3.46. The van der Waals surface area contributed by atoms with E-state index in [1.165, 1.54) is 26.1 Å². The first kappa shape index (κ1) is 13.0. The van der Waals surface area contributed by atoms with Crippen molar-refractivity contribution >= 4 is 0 Å². The van der Waals surface area contributed by atoms with Crippen molar-refractivity contribution < 1.29 is 0 Å². The number of hydrogen-bond donors (Lipinski definition) is 1. The van der Waals surface area contributed by atoms with Gasteiger partial charge in [0.15, 0.2) is 0 Å². The molecule has 90 valence electrons. The lowest BCUT2D eigenvalue weighted by Gasteiger charge is -2.27. The summed E-state index contributed by atoms with van der Waals surface area (Å²) in [5, 5.41) is 3.47. The summed E-state index contributed by atoms with van der Waals surface area (Å²) in [7, 11) is 2.10. The van der Waals surface area contributed by atoms with Gasteiger partial charge in [0.1, 0.15) is 0 Å². The van der Waals surface area contributed by atoms with Gasteiger partial charge in [-0.15, -0.1) is 0 Å². The molecule has 1 fully saturated rings. The molecule has 2 heteroatoms. The Hall–Kier alpha value is -0.0800. The van der Waals surface area contributed by atoms with Gasteiger partial charge in [-0.1, -0.05) is 34.1 Å². The molecular weight excluding hydrogens is 184 g/mol. The van der Waals surface area contributed by atoms with Crippen LogP contribution in [0, 0.1) is 17.8 Å². The minimum Gasteiger partial charge on any atom is -0.315 e. The van der Waals surface area contributed by atoms with Crippen LogP contribution < -0.4 is 5.32 Å². The van der Waals surface area contributed by atoms with Gasteiger partial charge in [-0.2, -0.15) is 0 Å². The van der Waals surface area contributed by atoms with E-state index in [0.29, 0.717) is 6.04 Å². The van der Waals surface area contributed by atoms with Crippen molar-refractivity contribution in [2.45, 2.75) is 40.2 Å². The Morgan fingerprint density at radius 3 is 2.20 bits per heavy atom. The second-order valence-electron chi connectivity index (χ2n) is 5.45. The molecule has 2 nitrogen and oxygen atoms in total. The summed E-state index contributed by atoms with van der Waals surface area (Å²) in [6.07, 6.45) is 1.27. The molecule has 0 amide bonds. The highest BCUT2D eigenvalue weighted by atomic mass is 15.2. The van der Waals surface area contributed by atoms with Gasteiger partial charge in [0, 0.05) is 25.7 Å². The molecule has 0 aromatic carbocycles. The van der Waals surface area contributed by atoms with Crippen LogP contribution in [0.15, 0.2) is 0 Å². The van der Waals surface area contributed by atoms with Crippen LogP contribution in [0.4, 0.5) is 0 Å². The molecular formula is C13H28N2. The minimum atomic E-state index is 0.660. The number of likely N-dealkylation sites (tertiary alicyclic amines) is 1. The average molecular weight is 212 g/mol. The monoisotopic (exact) mass is 212 g/mol. The van der Waals surface area contributed by atoms with E-state index in [0.717, 1.165) is 17.8 Å². The topological polar surface area (TPSA) is 15.3 Å². The first-order chi connectivity index (χ1) is 7.08. The van der Waals surface area contributed by atoms with Crippen molar-refractivity contribution in [3.8, 4) is 0 Å². The van der Waals surface area contributed by atoms with Gasteiger partial charge < -0.3 is 10.2 Å². The molecule has 0 bridgehead atoms. The lowest BCUT2D eigenvalue weighted by atomic mass is 9.99. The molecule has 1 heterocycles. The number of likely N-dealkylation sites (N-methyl/N-ethyl adjacent to an activating group) is 1. The molecule has 4 unspecified atom stereocenters. The van der Waals surface area contributed by atoms with Crippen LogP contribution in [0.3, 0.4) is 0 Å². The fourth-order valence-corrected chi connectivity index (χ4v) is 2.52. The predicted molar refractivity (Wildman–Crippen MR) is 67.1 cm³/mol. The van der Waals surface area contributed by atoms with Gasteiger partial charge in [0.25, 0.3) is 0 Å². The van der Waals surface area contributed by atoms with Crippen molar-refractivity contribution in [3.05, 3.63) is 0 Å². The van der Waals surface area contributed by atoms with Gasteiger partial charge >= 0.3 is 0 Å². The standard InChI is InChI=1S/C13H28N2/c1-6-10(2)13(14-5)9-15-7-11(3)12(4)8-15/h10-14H,6-9H2,1-5H3. The zero-order valence-corrected chi connectivity index (χ0v) is 11.1. The fraction of sp³-hybridized carbons (Fsp3) is 1.00. The van der Waals surface area contributed by atoms with Gasteiger partial charge in [0.2, 0.25) is 0 Å². The predicted octanol–water partition coefficient (Wildman–Crippen LogP) is 2.21. The van der Waals surface area contributed by atoms with Crippen LogP contribution in [0.25, 0.3) is 0 Å². The van der Waals surface area contributed by atoms with Gasteiger partial charge in [0.05, 0.1) is 0 Å². The lowest BCUT2D eigenvalue weighted by Crippen LogP contribution is -2.42. The maximum Gasteiger partial charge on any atom is 0.0217 e. The highest BCUT2D eigenvalue weighted by Gasteiger charge is 2.28. The van der Waals surface area contributed by atoms with Crippen LogP contribution >= 0.6 is 0 Å². The van der Waals surface area contributed by atoms with Crippen LogP contribution in [-0.4, -0.2) is 37.6 Å². The van der Waals surface area contributed by atoms with Crippen molar-refractivity contribution in [3.63, 3.8) is 0 Å². The Kier molecular flexibility index (Phi) is 5.07. The molecule has 1 aliphatic rings. The number of nitrogens with one attached hydrogen (secondary N) is 1. The Morgan fingerprint density at radius 2 is 1.80 bits per heavy atom. The summed E-state index contributed by atoms with van der Waals surface area (Å²) in [6.45, 7) is 13.2. The van der Waals surface area contributed by atoms with E-state index in [1.54, 1.807) is 0 Å². The second-order valence-corrected chi connectivity index (χ2v) is 5.45. The molecule has 0 aliphatic carbocycles. The van der Waals surface area contributed by atoms with Crippen molar-refractivity contribution in [1.82, 2.24) is 10.2 Å². The van der Waals surface area contributed by atoms with Gasteiger partial charge in [-0.3, -0.25) is 0 Å². The average Bonchev–Trinajstić information content (AvgIpc) is 2.53.